The van der Waals surface area contributed by atoms with E-state index in [1.54, 1.807) is 6.92 Å². The van der Waals surface area contributed by atoms with E-state index in [1.165, 1.54) is 29.6 Å². The fourth-order valence-corrected chi connectivity index (χ4v) is 4.75. The number of aryl methyl sites for hydroxylation is 2. The van der Waals surface area contributed by atoms with E-state index in [0.29, 0.717) is 18.7 Å². The Morgan fingerprint density at radius 3 is 2.45 bits per heavy atom. The largest absolute Gasteiger partial charge is 0.435 e. The van der Waals surface area contributed by atoms with Crippen molar-refractivity contribution < 1.29 is 26.4 Å². The van der Waals surface area contributed by atoms with Crippen LogP contribution in [0.15, 0.2) is 29.3 Å². The van der Waals surface area contributed by atoms with Crippen molar-refractivity contribution in [3.05, 3.63) is 41.2 Å². The molecule has 0 saturated carbocycles. The minimum atomic E-state index is -4.79. The SMILES string of the molecule is Cc1ccc(S(=O)(=O)N2CCCCC2)cc1NC(=O)c1cn(C)nc1C(F)(F)F. The van der Waals surface area contributed by atoms with Crippen LogP contribution in [0.3, 0.4) is 0 Å². The van der Waals surface area contributed by atoms with E-state index >= 15 is 0 Å². The maximum absolute atomic E-state index is 13.1. The Morgan fingerprint density at radius 2 is 1.83 bits per heavy atom. The van der Waals surface area contributed by atoms with Crippen molar-refractivity contribution in [1.29, 1.82) is 0 Å². The molecular weight excluding hydrogens is 409 g/mol. The van der Waals surface area contributed by atoms with Crippen LogP contribution in [0.5, 0.6) is 0 Å². The van der Waals surface area contributed by atoms with Crippen LogP contribution in [0.2, 0.25) is 0 Å². The lowest BCUT2D eigenvalue weighted by molar-refractivity contribution is -0.141. The number of amides is 1. The molecule has 7 nitrogen and oxygen atoms in total. The molecule has 158 valence electrons. The van der Waals surface area contributed by atoms with Gasteiger partial charge in [0.15, 0.2) is 5.69 Å². The fourth-order valence-electron chi connectivity index (χ4n) is 3.20. The number of anilines is 1. The van der Waals surface area contributed by atoms with Gasteiger partial charge in [0.25, 0.3) is 5.91 Å². The second kappa shape index (κ2) is 7.79. The number of hydrogen-bond acceptors (Lipinski definition) is 4. The quantitative estimate of drug-likeness (QED) is 0.808. The molecule has 1 N–H and O–H groups in total. The van der Waals surface area contributed by atoms with Gasteiger partial charge in [-0.3, -0.25) is 9.48 Å². The predicted molar refractivity (Wildman–Crippen MR) is 100.0 cm³/mol. The van der Waals surface area contributed by atoms with E-state index in [-0.39, 0.29) is 10.6 Å². The molecule has 0 bridgehead atoms. The van der Waals surface area contributed by atoms with Crippen LogP contribution in [0.4, 0.5) is 18.9 Å². The molecule has 0 atom stereocenters. The number of hydrogen-bond donors (Lipinski definition) is 1. The number of carbonyl (C=O) groups excluding carboxylic acids is 1. The Bertz CT molecular complexity index is 1030. The number of aromatic nitrogens is 2. The fraction of sp³-hybridized carbons (Fsp3) is 0.444. The lowest BCUT2D eigenvalue weighted by Gasteiger charge is -2.26. The molecule has 3 rings (SSSR count). The Morgan fingerprint density at radius 1 is 1.17 bits per heavy atom. The lowest BCUT2D eigenvalue weighted by atomic mass is 10.1. The van der Waals surface area contributed by atoms with Gasteiger partial charge in [0.05, 0.1) is 10.5 Å². The van der Waals surface area contributed by atoms with Gasteiger partial charge >= 0.3 is 6.18 Å². The second-order valence-corrected chi connectivity index (χ2v) is 8.90. The molecule has 0 spiro atoms. The van der Waals surface area contributed by atoms with Gasteiger partial charge in [-0.2, -0.15) is 22.6 Å². The van der Waals surface area contributed by atoms with E-state index < -0.39 is 33.4 Å². The first-order chi connectivity index (χ1) is 13.5. The summed E-state index contributed by atoms with van der Waals surface area (Å²) in [7, 11) is -2.46. The molecule has 1 amide bonds. The molecule has 1 aromatic heterocycles. The van der Waals surface area contributed by atoms with Crippen LogP contribution < -0.4 is 5.32 Å². The van der Waals surface area contributed by atoms with E-state index in [0.717, 1.165) is 30.1 Å². The van der Waals surface area contributed by atoms with E-state index in [1.807, 2.05) is 0 Å². The Hall–Kier alpha value is -2.40. The van der Waals surface area contributed by atoms with E-state index in [2.05, 4.69) is 10.4 Å². The average Bonchev–Trinajstić information content (AvgIpc) is 3.06. The Balaban J connectivity index is 1.91. The molecule has 1 aromatic carbocycles. The Labute approximate surface area is 166 Å². The highest BCUT2D eigenvalue weighted by Crippen LogP contribution is 2.31. The van der Waals surface area contributed by atoms with Crippen LogP contribution >= 0.6 is 0 Å². The van der Waals surface area contributed by atoms with Crippen LogP contribution in [0, 0.1) is 6.92 Å². The summed E-state index contributed by atoms with van der Waals surface area (Å²) in [6, 6.07) is 4.22. The lowest BCUT2D eigenvalue weighted by Crippen LogP contribution is -2.35. The van der Waals surface area contributed by atoms with Crippen molar-refractivity contribution in [1.82, 2.24) is 14.1 Å². The number of benzene rings is 1. The zero-order chi connectivity index (χ0) is 21.4. The third kappa shape index (κ3) is 4.45. The molecule has 0 aliphatic carbocycles. The van der Waals surface area contributed by atoms with Gasteiger partial charge in [-0.1, -0.05) is 12.5 Å². The van der Waals surface area contributed by atoms with Crippen LogP contribution in [-0.4, -0.2) is 41.5 Å². The van der Waals surface area contributed by atoms with E-state index in [4.69, 9.17) is 0 Å². The first-order valence-corrected chi connectivity index (χ1v) is 10.5. The minimum absolute atomic E-state index is 0.0115. The van der Waals surface area contributed by atoms with Gasteiger partial charge in [-0.05, 0) is 37.5 Å². The highest BCUT2D eigenvalue weighted by atomic mass is 32.2. The summed E-state index contributed by atoms with van der Waals surface area (Å²) in [5.41, 5.74) is -1.28. The molecule has 11 heteroatoms. The molecule has 1 aliphatic rings. The average molecular weight is 430 g/mol. The third-order valence-electron chi connectivity index (χ3n) is 4.75. The van der Waals surface area contributed by atoms with Crippen LogP contribution in [0.25, 0.3) is 0 Å². The van der Waals surface area contributed by atoms with Gasteiger partial charge in [-0.15, -0.1) is 0 Å². The number of carbonyl (C=O) groups is 1. The topological polar surface area (TPSA) is 84.3 Å². The summed E-state index contributed by atoms with van der Waals surface area (Å²) in [6.45, 7) is 2.46. The summed E-state index contributed by atoms with van der Waals surface area (Å²) >= 11 is 0. The molecule has 0 unspecified atom stereocenters. The van der Waals surface area contributed by atoms with Crippen LogP contribution in [-0.2, 0) is 23.2 Å². The molecule has 1 fully saturated rings. The van der Waals surface area contributed by atoms with Gasteiger partial charge in [0.1, 0.15) is 0 Å². The predicted octanol–water partition coefficient (Wildman–Crippen LogP) is 3.17. The summed E-state index contributed by atoms with van der Waals surface area (Å²) in [5.74, 6) is -1.01. The minimum Gasteiger partial charge on any atom is -0.322 e. The highest BCUT2D eigenvalue weighted by molar-refractivity contribution is 7.89. The molecule has 1 aliphatic heterocycles. The number of halogens is 3. The normalized spacial score (nSPS) is 16.0. The molecule has 29 heavy (non-hydrogen) atoms. The molecule has 0 radical (unpaired) electrons. The number of nitrogens with one attached hydrogen (secondary N) is 1. The van der Waals surface area contributed by atoms with Crippen molar-refractivity contribution in [3.8, 4) is 0 Å². The summed E-state index contributed by atoms with van der Waals surface area (Å²) < 4.78 is 67.4. The standard InChI is InChI=1S/C18H21F3N4O3S/c1-12-6-7-13(29(27,28)25-8-4-3-5-9-25)10-15(12)22-17(26)14-11-24(2)23-16(14)18(19,20)21/h6-7,10-11H,3-5,8-9H2,1-2H3,(H,22,26). The maximum Gasteiger partial charge on any atom is 0.435 e. The smallest absolute Gasteiger partial charge is 0.322 e. The first-order valence-electron chi connectivity index (χ1n) is 9.03. The highest BCUT2D eigenvalue weighted by Gasteiger charge is 2.39. The maximum atomic E-state index is 13.1. The molecule has 2 aromatic rings. The van der Waals surface area contributed by atoms with Gasteiger partial charge in [0.2, 0.25) is 10.0 Å². The third-order valence-corrected chi connectivity index (χ3v) is 6.65. The van der Waals surface area contributed by atoms with Crippen molar-refractivity contribution in [2.45, 2.75) is 37.3 Å². The number of sulfonamides is 1. The van der Waals surface area contributed by atoms with Crippen molar-refractivity contribution in [2.24, 2.45) is 7.05 Å². The van der Waals surface area contributed by atoms with Crippen LogP contribution in [0.1, 0.15) is 40.9 Å². The summed E-state index contributed by atoms with van der Waals surface area (Å²) in [6.07, 6.45) is -1.30. The molecular formula is C18H21F3N4O3S. The Kier molecular flexibility index (Phi) is 5.72. The zero-order valence-corrected chi connectivity index (χ0v) is 16.8. The van der Waals surface area contributed by atoms with Gasteiger partial charge < -0.3 is 5.32 Å². The second-order valence-electron chi connectivity index (χ2n) is 6.96. The monoisotopic (exact) mass is 430 g/mol. The number of rotatable bonds is 4. The van der Waals surface area contributed by atoms with Crippen molar-refractivity contribution in [2.75, 3.05) is 18.4 Å². The molecule has 2 heterocycles. The van der Waals surface area contributed by atoms with Crippen molar-refractivity contribution >= 4 is 21.6 Å². The molecule has 1 saturated heterocycles. The number of nitrogens with zero attached hydrogens (tertiary/aromatic N) is 3. The summed E-state index contributed by atoms with van der Waals surface area (Å²) in [4.78, 5) is 12.5. The van der Waals surface area contributed by atoms with Crippen molar-refractivity contribution in [3.63, 3.8) is 0 Å². The van der Waals surface area contributed by atoms with Gasteiger partial charge in [0, 0.05) is 32.0 Å². The van der Waals surface area contributed by atoms with Gasteiger partial charge in [-0.25, -0.2) is 8.42 Å². The zero-order valence-electron chi connectivity index (χ0n) is 16.0. The number of piperidine rings is 1. The number of alkyl halides is 3. The van der Waals surface area contributed by atoms with E-state index in [9.17, 15) is 26.4 Å². The summed E-state index contributed by atoms with van der Waals surface area (Å²) in [5, 5.41) is 5.71. The first kappa shape index (κ1) is 21.3.